The fraction of sp³-hybridized carbons (Fsp3) is 0.636. The summed E-state index contributed by atoms with van der Waals surface area (Å²) in [6.45, 7) is 18.0. The minimum atomic E-state index is 0. The Hall–Kier alpha value is 0.266. The smallest absolute Gasteiger partial charge is 0 e. The van der Waals surface area contributed by atoms with E-state index in [2.05, 4.69) is 104 Å². The average molecular weight is 854 g/mol. The van der Waals surface area contributed by atoms with E-state index in [9.17, 15) is 0 Å². The maximum Gasteiger partial charge on any atom is 0 e. The topological polar surface area (TPSA) is 0 Å². The van der Waals surface area contributed by atoms with Gasteiger partial charge in [0.1, 0.15) is 0 Å². The first-order chi connectivity index (χ1) is 21.5. The zero-order valence-electron chi connectivity index (χ0n) is 32.5. The third-order valence-corrected chi connectivity index (χ3v) is 8.83. The molecule has 0 aromatic heterocycles. The Balaban J connectivity index is -0.000000262. The van der Waals surface area contributed by atoms with Gasteiger partial charge >= 0.3 is 0 Å². The van der Waals surface area contributed by atoms with E-state index in [0.29, 0.717) is 0 Å². The molecule has 0 bridgehead atoms. The van der Waals surface area contributed by atoms with Gasteiger partial charge in [-0.25, -0.2) is 0 Å². The van der Waals surface area contributed by atoms with Crippen molar-refractivity contribution in [1.29, 1.82) is 0 Å². The first-order valence-corrected chi connectivity index (χ1v) is 19.0. The van der Waals surface area contributed by atoms with Crippen molar-refractivity contribution < 1.29 is 77.2 Å². The third kappa shape index (κ3) is 23.0. The molecule has 0 atom stereocenters. The predicted octanol–water partition coefficient (Wildman–Crippen LogP) is 9.38. The Morgan fingerprint density at radius 2 is 0.479 bits per heavy atom. The molecule has 0 nitrogen and oxygen atoms in total. The normalized spacial score (nSPS) is 15.2. The first kappa shape index (κ1) is 55.0. The minimum absolute atomic E-state index is 0. The molecule has 4 aliphatic rings. The van der Waals surface area contributed by atoms with E-state index in [1.54, 1.807) is 44.6 Å². The number of rotatable bonds is 16. The van der Waals surface area contributed by atoms with Crippen LogP contribution in [0.25, 0.3) is 0 Å². The van der Waals surface area contributed by atoms with Crippen LogP contribution in [-0.4, -0.2) is 0 Å². The summed E-state index contributed by atoms with van der Waals surface area (Å²) in [4.78, 5) is 0. The molecule has 0 saturated heterocycles. The summed E-state index contributed by atoms with van der Waals surface area (Å²) >= 11 is 0. The van der Waals surface area contributed by atoms with Crippen LogP contribution in [0.3, 0.4) is 0 Å². The van der Waals surface area contributed by atoms with Crippen LogP contribution in [0.15, 0.2) is 93.2 Å². The monoisotopic (exact) mass is 850 g/mol. The Kier molecular flexibility index (Phi) is 42.5. The van der Waals surface area contributed by atoms with Gasteiger partial charge in [0, 0.05) is 52.4 Å². The molecule has 4 rings (SSSR count). The van der Waals surface area contributed by atoms with Gasteiger partial charge in [-0.05, 0) is 99.3 Å². The molecule has 0 amide bonds. The SMILES string of the molecule is CCCC1=C(CCC)CC=C1.CCCC1=C(CCC)CC=C1.CCCC1=C(CCC)CC=C1.CCCC1=C(CCC)CC=C1.[Cl-].[Cl-].[Zr].[Zr]. The molecule has 272 valence electrons. The van der Waals surface area contributed by atoms with Crippen LogP contribution in [0.4, 0.5) is 0 Å². The van der Waals surface area contributed by atoms with Gasteiger partial charge in [-0.1, -0.05) is 178 Å². The quantitative estimate of drug-likeness (QED) is 0.145. The fourth-order valence-electron chi connectivity index (χ4n) is 6.74. The Labute approximate surface area is 351 Å². The van der Waals surface area contributed by atoms with Gasteiger partial charge in [0.2, 0.25) is 0 Å². The number of hydrogen-bond donors (Lipinski definition) is 0. The van der Waals surface area contributed by atoms with Gasteiger partial charge in [-0.2, -0.15) is 0 Å². The minimum Gasteiger partial charge on any atom is -1.00 e. The molecule has 0 radical (unpaired) electrons. The van der Waals surface area contributed by atoms with Crippen molar-refractivity contribution in [3.05, 3.63) is 93.2 Å². The molecular formula is C44H72Cl2Zr2-2. The molecule has 0 aromatic rings. The standard InChI is InChI=1S/4C11H18.2ClH.2Zr/c4*1-3-6-10-8-5-9-11(10)7-4-2;;;;/h4*5,8H,3-4,6-7,9H2,1-2H3;2*1H;;/p-2. The third-order valence-electron chi connectivity index (χ3n) is 8.83. The van der Waals surface area contributed by atoms with E-state index in [1.807, 2.05) is 0 Å². The molecule has 0 heterocycles. The molecular weight excluding hydrogens is 782 g/mol. The first-order valence-electron chi connectivity index (χ1n) is 19.0. The van der Waals surface area contributed by atoms with Gasteiger partial charge in [-0.15, -0.1) is 0 Å². The summed E-state index contributed by atoms with van der Waals surface area (Å²) in [7, 11) is 0. The summed E-state index contributed by atoms with van der Waals surface area (Å²) in [6, 6.07) is 0. The number of allylic oxidation sites excluding steroid dienone is 16. The van der Waals surface area contributed by atoms with E-state index < -0.39 is 0 Å². The van der Waals surface area contributed by atoms with Crippen LogP contribution < -0.4 is 24.8 Å². The second-order valence-electron chi connectivity index (χ2n) is 12.9. The van der Waals surface area contributed by atoms with Gasteiger partial charge in [0.05, 0.1) is 0 Å². The van der Waals surface area contributed by atoms with Crippen LogP contribution in [-0.2, 0) is 52.4 Å². The molecule has 0 spiro atoms. The molecule has 0 aliphatic heterocycles. The Morgan fingerprint density at radius 1 is 0.312 bits per heavy atom. The summed E-state index contributed by atoms with van der Waals surface area (Å²) in [5, 5.41) is 0. The van der Waals surface area contributed by atoms with Crippen molar-refractivity contribution in [2.45, 2.75) is 184 Å². The van der Waals surface area contributed by atoms with Crippen LogP contribution in [0.1, 0.15) is 184 Å². The molecule has 48 heavy (non-hydrogen) atoms. The molecule has 0 fully saturated rings. The van der Waals surface area contributed by atoms with Crippen LogP contribution in [0, 0.1) is 0 Å². The van der Waals surface area contributed by atoms with Crippen molar-refractivity contribution in [3.8, 4) is 0 Å². The van der Waals surface area contributed by atoms with Crippen molar-refractivity contribution in [3.63, 3.8) is 0 Å². The Bertz CT molecular complexity index is 882. The van der Waals surface area contributed by atoms with Crippen LogP contribution in [0.2, 0.25) is 0 Å². The van der Waals surface area contributed by atoms with Crippen molar-refractivity contribution in [1.82, 2.24) is 0 Å². The van der Waals surface area contributed by atoms with E-state index in [0.717, 1.165) is 0 Å². The second-order valence-corrected chi connectivity index (χ2v) is 12.9. The summed E-state index contributed by atoms with van der Waals surface area (Å²) < 4.78 is 0. The van der Waals surface area contributed by atoms with E-state index in [4.69, 9.17) is 0 Å². The van der Waals surface area contributed by atoms with Gasteiger partial charge in [0.15, 0.2) is 0 Å². The molecule has 0 N–H and O–H groups in total. The van der Waals surface area contributed by atoms with Crippen molar-refractivity contribution in [2.75, 3.05) is 0 Å². The molecule has 4 aliphatic carbocycles. The Morgan fingerprint density at radius 3 is 0.625 bits per heavy atom. The second kappa shape index (κ2) is 37.0. The van der Waals surface area contributed by atoms with Gasteiger partial charge in [-0.3, -0.25) is 0 Å². The summed E-state index contributed by atoms with van der Waals surface area (Å²) in [6.07, 6.45) is 44.1. The van der Waals surface area contributed by atoms with E-state index in [-0.39, 0.29) is 77.2 Å². The number of halogens is 2. The zero-order valence-corrected chi connectivity index (χ0v) is 38.9. The predicted molar refractivity (Wildman–Crippen MR) is 202 cm³/mol. The molecule has 4 heteroatoms. The largest absolute Gasteiger partial charge is 1.00 e. The van der Waals surface area contributed by atoms with E-state index >= 15 is 0 Å². The van der Waals surface area contributed by atoms with Crippen molar-refractivity contribution in [2.24, 2.45) is 0 Å². The fourth-order valence-corrected chi connectivity index (χ4v) is 6.74. The summed E-state index contributed by atoms with van der Waals surface area (Å²) in [5.41, 5.74) is 13.2. The van der Waals surface area contributed by atoms with Gasteiger partial charge < -0.3 is 24.8 Å². The zero-order chi connectivity index (χ0) is 32.4. The maximum atomic E-state index is 2.31. The van der Waals surface area contributed by atoms with E-state index in [1.165, 1.54) is 128 Å². The maximum absolute atomic E-state index is 2.31. The number of hydrogen-bond acceptors (Lipinski definition) is 0. The van der Waals surface area contributed by atoms with Crippen molar-refractivity contribution >= 4 is 0 Å². The average Bonchev–Trinajstić information content (AvgIpc) is 3.84. The van der Waals surface area contributed by atoms with Crippen LogP contribution >= 0.6 is 0 Å². The molecule has 0 aromatic carbocycles. The molecule has 0 saturated carbocycles. The van der Waals surface area contributed by atoms with Gasteiger partial charge in [0.25, 0.3) is 0 Å². The summed E-state index contributed by atoms with van der Waals surface area (Å²) in [5.74, 6) is 0. The molecule has 0 unspecified atom stereocenters. The van der Waals surface area contributed by atoms with Crippen LogP contribution in [0.5, 0.6) is 0 Å².